The fourth-order valence-corrected chi connectivity index (χ4v) is 1.88. The summed E-state index contributed by atoms with van der Waals surface area (Å²) in [5, 5.41) is 1.16. The van der Waals surface area contributed by atoms with E-state index in [1.807, 2.05) is 48.5 Å². The van der Waals surface area contributed by atoms with Crippen molar-refractivity contribution in [2.24, 2.45) is 0 Å². The zero-order valence-corrected chi connectivity index (χ0v) is 10.4. The van der Waals surface area contributed by atoms with E-state index in [1.165, 1.54) is 0 Å². The average Bonchev–Trinajstić information content (AvgIpc) is 2.39. The number of aromatic nitrogens is 1. The van der Waals surface area contributed by atoms with Gasteiger partial charge in [0.1, 0.15) is 0 Å². The first-order valence-electron chi connectivity index (χ1n) is 5.55. The van der Waals surface area contributed by atoms with Crippen LogP contribution in [-0.4, -0.2) is 4.98 Å². The number of benzene rings is 2. The second kappa shape index (κ2) is 5.07. The molecule has 0 saturated heterocycles. The number of halogens is 1. The van der Waals surface area contributed by atoms with Gasteiger partial charge in [0.25, 0.3) is 0 Å². The van der Waals surface area contributed by atoms with Crippen molar-refractivity contribution in [2.45, 2.75) is 0 Å². The number of hydrogen-bond acceptors (Lipinski definition) is 2. The number of para-hydroxylation sites is 1. The highest BCUT2D eigenvalue weighted by Crippen LogP contribution is 2.21. The zero-order chi connectivity index (χ0) is 11.7. The molecule has 1 heterocycles. The van der Waals surface area contributed by atoms with Gasteiger partial charge in [-0.3, -0.25) is 0 Å². The normalized spacial score (nSPS) is 10.0. The van der Waals surface area contributed by atoms with Gasteiger partial charge in [-0.1, -0.05) is 36.4 Å². The molecule has 3 aromatic rings. The smallest absolute Gasteiger partial charge is 0.0709 e. The number of pyridine rings is 1. The van der Waals surface area contributed by atoms with Crippen molar-refractivity contribution < 1.29 is 12.4 Å². The van der Waals surface area contributed by atoms with Gasteiger partial charge in [0.2, 0.25) is 0 Å². The summed E-state index contributed by atoms with van der Waals surface area (Å²) in [6, 6.07) is 20.0. The van der Waals surface area contributed by atoms with E-state index in [0.29, 0.717) is 0 Å². The van der Waals surface area contributed by atoms with Crippen LogP contribution in [0, 0.1) is 0 Å². The SMILES string of the molecule is Nc1ccc(-c2ccc3ccccc3n2)cc1.[Cl-]. The Hall–Kier alpha value is -2.06. The van der Waals surface area contributed by atoms with E-state index in [9.17, 15) is 0 Å². The average molecular weight is 256 g/mol. The lowest BCUT2D eigenvalue weighted by Gasteiger charge is -2.03. The molecule has 0 aliphatic heterocycles. The van der Waals surface area contributed by atoms with Crippen LogP contribution in [0.25, 0.3) is 22.2 Å². The predicted molar refractivity (Wildman–Crippen MR) is 71.6 cm³/mol. The summed E-state index contributed by atoms with van der Waals surface area (Å²) in [4.78, 5) is 4.63. The molecule has 3 heteroatoms. The largest absolute Gasteiger partial charge is 1.00 e. The third-order valence-corrected chi connectivity index (χ3v) is 2.80. The predicted octanol–water partition coefficient (Wildman–Crippen LogP) is 0.488. The Morgan fingerprint density at radius 3 is 2.28 bits per heavy atom. The molecule has 2 aromatic carbocycles. The molecular formula is C15H12ClN2-. The highest BCUT2D eigenvalue weighted by atomic mass is 35.5. The van der Waals surface area contributed by atoms with Crippen molar-refractivity contribution in [3.8, 4) is 11.3 Å². The summed E-state index contributed by atoms with van der Waals surface area (Å²) in [7, 11) is 0. The van der Waals surface area contributed by atoms with Crippen molar-refractivity contribution >= 4 is 16.6 Å². The van der Waals surface area contributed by atoms with Crippen LogP contribution in [0.3, 0.4) is 0 Å². The minimum Gasteiger partial charge on any atom is -1.00 e. The van der Waals surface area contributed by atoms with Crippen molar-refractivity contribution in [2.75, 3.05) is 5.73 Å². The second-order valence-electron chi connectivity index (χ2n) is 4.01. The first-order valence-corrected chi connectivity index (χ1v) is 5.55. The van der Waals surface area contributed by atoms with E-state index in [2.05, 4.69) is 17.1 Å². The summed E-state index contributed by atoms with van der Waals surface area (Å²) >= 11 is 0. The summed E-state index contributed by atoms with van der Waals surface area (Å²) in [5.41, 5.74) is 9.53. The Morgan fingerprint density at radius 1 is 0.778 bits per heavy atom. The minimum absolute atomic E-state index is 0. The van der Waals surface area contributed by atoms with Gasteiger partial charge in [0, 0.05) is 16.6 Å². The van der Waals surface area contributed by atoms with Crippen LogP contribution < -0.4 is 18.1 Å². The van der Waals surface area contributed by atoms with Crippen LogP contribution in [0.15, 0.2) is 60.7 Å². The molecule has 2 N–H and O–H groups in total. The zero-order valence-electron chi connectivity index (χ0n) is 9.68. The van der Waals surface area contributed by atoms with Gasteiger partial charge < -0.3 is 18.1 Å². The van der Waals surface area contributed by atoms with E-state index in [0.717, 1.165) is 27.8 Å². The van der Waals surface area contributed by atoms with Gasteiger partial charge in [0.05, 0.1) is 11.2 Å². The Morgan fingerprint density at radius 2 is 1.50 bits per heavy atom. The Balaban J connectivity index is 0.00000120. The van der Waals surface area contributed by atoms with Crippen LogP contribution in [0.5, 0.6) is 0 Å². The molecule has 0 bridgehead atoms. The van der Waals surface area contributed by atoms with Gasteiger partial charge in [-0.25, -0.2) is 4.98 Å². The molecule has 0 radical (unpaired) electrons. The van der Waals surface area contributed by atoms with Gasteiger partial charge in [-0.05, 0) is 24.3 Å². The number of anilines is 1. The van der Waals surface area contributed by atoms with Crippen LogP contribution in [0.4, 0.5) is 5.69 Å². The lowest BCUT2D eigenvalue weighted by atomic mass is 10.1. The fraction of sp³-hybridized carbons (Fsp3) is 0. The topological polar surface area (TPSA) is 38.9 Å². The molecule has 0 aliphatic rings. The van der Waals surface area contributed by atoms with E-state index >= 15 is 0 Å². The van der Waals surface area contributed by atoms with Gasteiger partial charge in [-0.2, -0.15) is 0 Å². The van der Waals surface area contributed by atoms with Crippen molar-refractivity contribution in [3.63, 3.8) is 0 Å². The van der Waals surface area contributed by atoms with Crippen molar-refractivity contribution in [1.29, 1.82) is 0 Å². The second-order valence-corrected chi connectivity index (χ2v) is 4.01. The van der Waals surface area contributed by atoms with Crippen LogP contribution in [0.2, 0.25) is 0 Å². The number of fused-ring (bicyclic) bond motifs is 1. The number of nitrogens with two attached hydrogens (primary N) is 1. The molecule has 3 rings (SSSR count). The molecule has 0 fully saturated rings. The molecular weight excluding hydrogens is 244 g/mol. The molecule has 2 nitrogen and oxygen atoms in total. The summed E-state index contributed by atoms with van der Waals surface area (Å²) in [5.74, 6) is 0. The highest BCUT2D eigenvalue weighted by Gasteiger charge is 2.00. The summed E-state index contributed by atoms with van der Waals surface area (Å²) < 4.78 is 0. The van der Waals surface area contributed by atoms with Crippen molar-refractivity contribution in [3.05, 3.63) is 60.7 Å². The number of hydrogen-bond donors (Lipinski definition) is 1. The maximum atomic E-state index is 5.67. The van der Waals surface area contributed by atoms with E-state index in [-0.39, 0.29) is 12.4 Å². The molecule has 0 saturated carbocycles. The number of nitrogens with zero attached hydrogens (tertiary/aromatic N) is 1. The molecule has 1 aromatic heterocycles. The maximum Gasteiger partial charge on any atom is 0.0709 e. The monoisotopic (exact) mass is 255 g/mol. The standard InChI is InChI=1S/C15H12N2.ClH/c16-13-8-5-12(6-9-13)15-10-7-11-3-1-2-4-14(11)17-15;/h1-10H,16H2;1H/p-1. The highest BCUT2D eigenvalue weighted by molar-refractivity contribution is 5.81. The quantitative estimate of drug-likeness (QED) is 0.643. The Kier molecular flexibility index (Phi) is 3.49. The maximum absolute atomic E-state index is 5.67. The van der Waals surface area contributed by atoms with E-state index in [1.54, 1.807) is 0 Å². The van der Waals surface area contributed by atoms with Gasteiger partial charge >= 0.3 is 0 Å². The van der Waals surface area contributed by atoms with Crippen LogP contribution in [0.1, 0.15) is 0 Å². The van der Waals surface area contributed by atoms with E-state index in [4.69, 9.17) is 5.73 Å². The van der Waals surface area contributed by atoms with Crippen LogP contribution in [-0.2, 0) is 0 Å². The fourth-order valence-electron chi connectivity index (χ4n) is 1.88. The van der Waals surface area contributed by atoms with Crippen molar-refractivity contribution in [1.82, 2.24) is 4.98 Å². The Labute approximate surface area is 112 Å². The first-order chi connectivity index (χ1) is 8.33. The molecule has 0 aliphatic carbocycles. The lowest BCUT2D eigenvalue weighted by molar-refractivity contribution is -0.00000339. The van der Waals surface area contributed by atoms with Gasteiger partial charge in [-0.15, -0.1) is 0 Å². The molecule has 0 amide bonds. The summed E-state index contributed by atoms with van der Waals surface area (Å²) in [6.07, 6.45) is 0. The first kappa shape index (κ1) is 12.4. The third kappa shape index (κ3) is 2.29. The number of nitrogen functional groups attached to an aromatic ring is 1. The summed E-state index contributed by atoms with van der Waals surface area (Å²) in [6.45, 7) is 0. The van der Waals surface area contributed by atoms with Gasteiger partial charge in [0.15, 0.2) is 0 Å². The minimum atomic E-state index is 0. The third-order valence-electron chi connectivity index (χ3n) is 2.80. The molecule has 0 spiro atoms. The molecule has 0 atom stereocenters. The Bertz CT molecular complexity index is 663. The molecule has 18 heavy (non-hydrogen) atoms. The molecule has 90 valence electrons. The lowest BCUT2D eigenvalue weighted by Crippen LogP contribution is -3.00. The van der Waals surface area contributed by atoms with E-state index < -0.39 is 0 Å². The van der Waals surface area contributed by atoms with Crippen LogP contribution >= 0.6 is 0 Å². The number of rotatable bonds is 1. The molecule has 0 unspecified atom stereocenters.